The zero-order valence-electron chi connectivity index (χ0n) is 12.3. The first-order chi connectivity index (χ1) is 10.1. The lowest BCUT2D eigenvalue weighted by molar-refractivity contribution is 0.160. The zero-order chi connectivity index (χ0) is 15.2. The van der Waals surface area contributed by atoms with Crippen molar-refractivity contribution in [2.45, 2.75) is 12.5 Å². The van der Waals surface area contributed by atoms with Gasteiger partial charge in [-0.3, -0.25) is 0 Å². The summed E-state index contributed by atoms with van der Waals surface area (Å²) in [5.41, 5.74) is 1.28. The number of halogens is 1. The number of anilines is 1. The quantitative estimate of drug-likeness (QED) is 0.884. The third-order valence-corrected chi connectivity index (χ3v) is 3.50. The molecule has 112 valence electrons. The number of hydrogen-bond acceptors (Lipinski definition) is 3. The Labute approximate surface area is 124 Å². The van der Waals surface area contributed by atoms with Crippen molar-refractivity contribution in [1.82, 2.24) is 0 Å². The monoisotopic (exact) mass is 289 g/mol. The molecule has 2 aromatic rings. The Hall–Kier alpha value is -2.07. The molecule has 1 atom stereocenters. The van der Waals surface area contributed by atoms with Crippen LogP contribution in [0.5, 0.6) is 5.75 Å². The second-order valence-corrected chi connectivity index (χ2v) is 4.92. The van der Waals surface area contributed by atoms with Crippen LogP contribution in [0.25, 0.3) is 0 Å². The molecule has 0 radical (unpaired) electrons. The van der Waals surface area contributed by atoms with Gasteiger partial charge < -0.3 is 14.7 Å². The van der Waals surface area contributed by atoms with Gasteiger partial charge in [-0.2, -0.15) is 0 Å². The van der Waals surface area contributed by atoms with Crippen molar-refractivity contribution in [3.05, 3.63) is 59.9 Å². The minimum absolute atomic E-state index is 0.224. The second kappa shape index (κ2) is 7.09. The third kappa shape index (κ3) is 3.73. The van der Waals surface area contributed by atoms with Crippen LogP contribution in [0.2, 0.25) is 0 Å². The van der Waals surface area contributed by atoms with Crippen molar-refractivity contribution in [3.8, 4) is 5.75 Å². The van der Waals surface area contributed by atoms with Gasteiger partial charge in [0.25, 0.3) is 0 Å². The van der Waals surface area contributed by atoms with Crippen LogP contribution in [0.1, 0.15) is 18.1 Å². The highest BCUT2D eigenvalue weighted by atomic mass is 19.1. The van der Waals surface area contributed by atoms with E-state index in [2.05, 4.69) is 0 Å². The van der Waals surface area contributed by atoms with Crippen molar-refractivity contribution < 1.29 is 14.2 Å². The van der Waals surface area contributed by atoms with Crippen LogP contribution in [0.4, 0.5) is 10.1 Å². The maximum absolute atomic E-state index is 13.9. The van der Waals surface area contributed by atoms with Gasteiger partial charge in [0.05, 0.1) is 18.8 Å². The lowest BCUT2D eigenvalue weighted by Crippen LogP contribution is -2.20. The van der Waals surface area contributed by atoms with Crippen molar-refractivity contribution in [3.63, 3.8) is 0 Å². The van der Waals surface area contributed by atoms with Crippen molar-refractivity contribution in [2.24, 2.45) is 0 Å². The molecule has 21 heavy (non-hydrogen) atoms. The van der Waals surface area contributed by atoms with Crippen LogP contribution in [-0.4, -0.2) is 25.8 Å². The van der Waals surface area contributed by atoms with E-state index in [0.717, 1.165) is 5.69 Å². The van der Waals surface area contributed by atoms with Gasteiger partial charge in [-0.15, -0.1) is 0 Å². The summed E-state index contributed by atoms with van der Waals surface area (Å²) in [5.74, 6) is -0.0610. The Balaban J connectivity index is 2.04. The van der Waals surface area contributed by atoms with Gasteiger partial charge in [-0.1, -0.05) is 24.3 Å². The topological polar surface area (TPSA) is 32.7 Å². The summed E-state index contributed by atoms with van der Waals surface area (Å²) < 4.78 is 19.0. The highest BCUT2D eigenvalue weighted by Crippen LogP contribution is 2.30. The van der Waals surface area contributed by atoms with Crippen LogP contribution in [0.3, 0.4) is 0 Å². The van der Waals surface area contributed by atoms with E-state index in [4.69, 9.17) is 4.74 Å². The van der Waals surface area contributed by atoms with E-state index in [1.54, 1.807) is 12.1 Å². The largest absolute Gasteiger partial charge is 0.496 e. The molecule has 4 heteroatoms. The summed E-state index contributed by atoms with van der Waals surface area (Å²) in [4.78, 5) is 2.02. The molecular formula is C17H20FNO2. The van der Waals surface area contributed by atoms with Crippen LogP contribution in [0.15, 0.2) is 48.5 Å². The standard InChI is InChI=1S/C17H20FNO2/c1-19(13-7-4-3-5-8-13)12-11-15(20)17-14(18)9-6-10-16(17)21-2/h3-10,15,20H,11-12H2,1-2H3. The van der Waals surface area contributed by atoms with Gasteiger partial charge in [0, 0.05) is 19.3 Å². The fourth-order valence-electron chi connectivity index (χ4n) is 2.29. The van der Waals surface area contributed by atoms with E-state index < -0.39 is 11.9 Å². The van der Waals surface area contributed by atoms with Crippen LogP contribution >= 0.6 is 0 Å². The van der Waals surface area contributed by atoms with Gasteiger partial charge in [0.2, 0.25) is 0 Å². The number of nitrogens with zero attached hydrogens (tertiary/aromatic N) is 1. The molecule has 1 N–H and O–H groups in total. The van der Waals surface area contributed by atoms with Crippen LogP contribution < -0.4 is 9.64 Å². The predicted octanol–water partition coefficient (Wildman–Crippen LogP) is 3.39. The Bertz CT molecular complexity index is 574. The molecule has 0 fully saturated rings. The van der Waals surface area contributed by atoms with Crippen LogP contribution in [-0.2, 0) is 0 Å². The van der Waals surface area contributed by atoms with Gasteiger partial charge in [0.15, 0.2) is 0 Å². The lowest BCUT2D eigenvalue weighted by atomic mass is 10.0. The maximum atomic E-state index is 13.9. The predicted molar refractivity (Wildman–Crippen MR) is 82.2 cm³/mol. The Morgan fingerprint density at radius 3 is 2.52 bits per heavy atom. The van der Waals surface area contributed by atoms with Crippen molar-refractivity contribution >= 4 is 5.69 Å². The number of rotatable bonds is 6. The minimum Gasteiger partial charge on any atom is -0.496 e. The van der Waals surface area contributed by atoms with E-state index in [9.17, 15) is 9.50 Å². The van der Waals surface area contributed by atoms with E-state index >= 15 is 0 Å². The summed E-state index contributed by atoms with van der Waals surface area (Å²) in [6.45, 7) is 0.614. The normalized spacial score (nSPS) is 12.0. The highest BCUT2D eigenvalue weighted by Gasteiger charge is 2.18. The molecule has 0 saturated carbocycles. The maximum Gasteiger partial charge on any atom is 0.132 e. The molecule has 0 aliphatic rings. The highest BCUT2D eigenvalue weighted by molar-refractivity contribution is 5.45. The summed E-state index contributed by atoms with van der Waals surface area (Å²) in [6, 6.07) is 14.4. The molecule has 0 amide bonds. The molecule has 0 aromatic heterocycles. The van der Waals surface area contributed by atoms with Gasteiger partial charge in [-0.25, -0.2) is 4.39 Å². The number of aliphatic hydroxyl groups excluding tert-OH is 1. The average Bonchev–Trinajstić information content (AvgIpc) is 2.52. The fourth-order valence-corrected chi connectivity index (χ4v) is 2.29. The summed E-state index contributed by atoms with van der Waals surface area (Å²) in [6.07, 6.45) is -0.477. The van der Waals surface area contributed by atoms with E-state index in [1.165, 1.54) is 13.2 Å². The second-order valence-electron chi connectivity index (χ2n) is 4.92. The molecule has 3 nitrogen and oxygen atoms in total. The summed E-state index contributed by atoms with van der Waals surface area (Å²) >= 11 is 0. The zero-order valence-corrected chi connectivity index (χ0v) is 12.3. The van der Waals surface area contributed by atoms with E-state index in [-0.39, 0.29) is 5.56 Å². The number of methoxy groups -OCH3 is 1. The van der Waals surface area contributed by atoms with Gasteiger partial charge in [-0.05, 0) is 30.7 Å². The number of aliphatic hydroxyl groups is 1. The number of para-hydroxylation sites is 1. The first-order valence-corrected chi connectivity index (χ1v) is 6.90. The first-order valence-electron chi connectivity index (χ1n) is 6.90. The minimum atomic E-state index is -0.896. The van der Waals surface area contributed by atoms with Gasteiger partial charge >= 0.3 is 0 Å². The van der Waals surface area contributed by atoms with Crippen molar-refractivity contribution in [2.75, 3.05) is 25.6 Å². The lowest BCUT2D eigenvalue weighted by Gasteiger charge is -2.22. The van der Waals surface area contributed by atoms with E-state index in [0.29, 0.717) is 18.7 Å². The average molecular weight is 289 g/mol. The molecule has 2 rings (SSSR count). The molecule has 0 bridgehead atoms. The van der Waals surface area contributed by atoms with Crippen molar-refractivity contribution in [1.29, 1.82) is 0 Å². The fraction of sp³-hybridized carbons (Fsp3) is 0.294. The molecule has 0 saturated heterocycles. The summed E-state index contributed by atoms with van der Waals surface area (Å²) in [5, 5.41) is 10.3. The Morgan fingerprint density at radius 2 is 1.86 bits per heavy atom. The Morgan fingerprint density at radius 1 is 1.14 bits per heavy atom. The summed E-state index contributed by atoms with van der Waals surface area (Å²) in [7, 11) is 3.42. The third-order valence-electron chi connectivity index (χ3n) is 3.50. The molecule has 0 spiro atoms. The number of benzene rings is 2. The number of ether oxygens (including phenoxy) is 1. The molecule has 2 aromatic carbocycles. The van der Waals surface area contributed by atoms with Crippen LogP contribution in [0, 0.1) is 5.82 Å². The first kappa shape index (κ1) is 15.3. The molecule has 1 unspecified atom stereocenters. The molecule has 0 aliphatic carbocycles. The van der Waals surface area contributed by atoms with Gasteiger partial charge in [0.1, 0.15) is 11.6 Å². The molecule has 0 heterocycles. The molecule has 0 aliphatic heterocycles. The Kier molecular flexibility index (Phi) is 5.17. The SMILES string of the molecule is COc1cccc(F)c1C(O)CCN(C)c1ccccc1. The smallest absolute Gasteiger partial charge is 0.132 e. The molecular weight excluding hydrogens is 269 g/mol. The van der Waals surface area contributed by atoms with E-state index in [1.807, 2.05) is 42.3 Å². The number of hydrogen-bond donors (Lipinski definition) is 1.